The largest absolute Gasteiger partial charge is 0.466 e. The van der Waals surface area contributed by atoms with Gasteiger partial charge < -0.3 is 4.74 Å². The van der Waals surface area contributed by atoms with E-state index < -0.39 is 10.9 Å². The minimum atomic E-state index is -0.446. The lowest BCUT2D eigenvalue weighted by atomic mass is 10.0. The Bertz CT molecular complexity index is 753. The summed E-state index contributed by atoms with van der Waals surface area (Å²) in [5.41, 5.74) is 2.89. The molecule has 0 spiro atoms. The monoisotopic (exact) mass is 298 g/mol. The predicted octanol–water partition coefficient (Wildman–Crippen LogP) is 3.23. The van der Waals surface area contributed by atoms with Crippen LogP contribution in [-0.4, -0.2) is 23.0 Å². The highest BCUT2D eigenvalue weighted by Gasteiger charge is 2.08. The SMILES string of the molecule is COC(=O)/C=C(\C)c1cncc(-c2cccc([N+](=O)[O-])c2)c1. The zero-order chi connectivity index (χ0) is 16.1. The summed E-state index contributed by atoms with van der Waals surface area (Å²) in [5, 5.41) is 10.8. The van der Waals surface area contributed by atoms with Crippen molar-refractivity contribution in [2.24, 2.45) is 0 Å². The second kappa shape index (κ2) is 6.62. The molecule has 0 saturated carbocycles. The molecule has 0 atom stereocenters. The van der Waals surface area contributed by atoms with E-state index in [0.717, 1.165) is 11.1 Å². The number of rotatable bonds is 4. The molecule has 112 valence electrons. The molecule has 6 nitrogen and oxygen atoms in total. The first-order valence-corrected chi connectivity index (χ1v) is 6.48. The van der Waals surface area contributed by atoms with Gasteiger partial charge in [-0.15, -0.1) is 0 Å². The highest BCUT2D eigenvalue weighted by Crippen LogP contribution is 2.25. The maximum Gasteiger partial charge on any atom is 0.330 e. The molecule has 0 fully saturated rings. The van der Waals surface area contributed by atoms with Crippen LogP contribution in [0.5, 0.6) is 0 Å². The van der Waals surface area contributed by atoms with Crippen molar-refractivity contribution in [1.82, 2.24) is 4.98 Å². The number of methoxy groups -OCH3 is 1. The molecule has 0 radical (unpaired) electrons. The minimum absolute atomic E-state index is 0.0183. The second-order valence-electron chi connectivity index (χ2n) is 4.62. The quantitative estimate of drug-likeness (QED) is 0.374. The van der Waals surface area contributed by atoms with Crippen molar-refractivity contribution in [2.75, 3.05) is 7.11 Å². The van der Waals surface area contributed by atoms with Gasteiger partial charge in [0.2, 0.25) is 0 Å². The molecule has 0 aliphatic carbocycles. The molecule has 0 saturated heterocycles. The van der Waals surface area contributed by atoms with E-state index in [0.29, 0.717) is 11.1 Å². The molecule has 0 aliphatic heterocycles. The zero-order valence-corrected chi connectivity index (χ0v) is 12.1. The summed E-state index contributed by atoms with van der Waals surface area (Å²) in [6.07, 6.45) is 4.61. The number of pyridine rings is 1. The number of nitrogens with zero attached hydrogens (tertiary/aromatic N) is 2. The Labute approximate surface area is 127 Å². The van der Waals surface area contributed by atoms with Gasteiger partial charge in [-0.05, 0) is 29.7 Å². The predicted molar refractivity (Wildman–Crippen MR) is 82.0 cm³/mol. The first-order chi connectivity index (χ1) is 10.5. The smallest absolute Gasteiger partial charge is 0.330 e. The molecule has 22 heavy (non-hydrogen) atoms. The van der Waals surface area contributed by atoms with E-state index in [-0.39, 0.29) is 5.69 Å². The Morgan fingerprint density at radius 3 is 2.73 bits per heavy atom. The Morgan fingerprint density at radius 1 is 1.27 bits per heavy atom. The molecule has 0 N–H and O–H groups in total. The van der Waals surface area contributed by atoms with Crippen molar-refractivity contribution in [1.29, 1.82) is 0 Å². The van der Waals surface area contributed by atoms with E-state index >= 15 is 0 Å². The molecule has 0 aliphatic rings. The van der Waals surface area contributed by atoms with Gasteiger partial charge in [-0.1, -0.05) is 12.1 Å². The number of nitro benzene ring substituents is 1. The molecule has 2 aromatic rings. The van der Waals surface area contributed by atoms with Crippen molar-refractivity contribution in [3.05, 3.63) is 64.5 Å². The van der Waals surface area contributed by atoms with Gasteiger partial charge in [0.15, 0.2) is 0 Å². The highest BCUT2D eigenvalue weighted by atomic mass is 16.6. The van der Waals surface area contributed by atoms with Crippen LogP contribution in [0.25, 0.3) is 16.7 Å². The Kier molecular flexibility index (Phi) is 4.63. The van der Waals surface area contributed by atoms with E-state index in [1.54, 1.807) is 31.5 Å². The number of benzene rings is 1. The van der Waals surface area contributed by atoms with E-state index in [1.165, 1.54) is 25.3 Å². The lowest BCUT2D eigenvalue weighted by Gasteiger charge is -2.05. The molecule has 0 unspecified atom stereocenters. The summed E-state index contributed by atoms with van der Waals surface area (Å²) in [5.74, 6) is -0.446. The molecule has 2 rings (SSSR count). The van der Waals surface area contributed by atoms with Gasteiger partial charge in [-0.3, -0.25) is 15.1 Å². The maximum atomic E-state index is 11.3. The van der Waals surface area contributed by atoms with Gasteiger partial charge in [0.1, 0.15) is 0 Å². The van der Waals surface area contributed by atoms with Crippen LogP contribution in [0.15, 0.2) is 48.8 Å². The van der Waals surface area contributed by atoms with Crippen LogP contribution in [-0.2, 0) is 9.53 Å². The summed E-state index contributed by atoms with van der Waals surface area (Å²) in [4.78, 5) is 25.8. The fraction of sp³-hybridized carbons (Fsp3) is 0.125. The number of carbonyl (C=O) groups is 1. The molecule has 1 aromatic heterocycles. The zero-order valence-electron chi connectivity index (χ0n) is 12.1. The van der Waals surface area contributed by atoms with Crippen LogP contribution in [0.4, 0.5) is 5.69 Å². The van der Waals surface area contributed by atoms with Crippen LogP contribution in [0, 0.1) is 10.1 Å². The van der Waals surface area contributed by atoms with Crippen LogP contribution >= 0.6 is 0 Å². The summed E-state index contributed by atoms with van der Waals surface area (Å²) in [7, 11) is 1.31. The van der Waals surface area contributed by atoms with Crippen molar-refractivity contribution < 1.29 is 14.5 Å². The number of hydrogen-bond donors (Lipinski definition) is 0. The lowest BCUT2D eigenvalue weighted by Crippen LogP contribution is -1.96. The minimum Gasteiger partial charge on any atom is -0.466 e. The molecular weight excluding hydrogens is 284 g/mol. The first-order valence-electron chi connectivity index (χ1n) is 6.48. The lowest BCUT2D eigenvalue weighted by molar-refractivity contribution is -0.384. The fourth-order valence-electron chi connectivity index (χ4n) is 1.93. The third-order valence-electron chi connectivity index (χ3n) is 3.12. The normalized spacial score (nSPS) is 11.1. The van der Waals surface area contributed by atoms with E-state index in [4.69, 9.17) is 0 Å². The van der Waals surface area contributed by atoms with Crippen LogP contribution in [0.1, 0.15) is 12.5 Å². The number of ether oxygens (including phenoxy) is 1. The van der Waals surface area contributed by atoms with Crippen LogP contribution in [0.3, 0.4) is 0 Å². The third-order valence-corrected chi connectivity index (χ3v) is 3.12. The van der Waals surface area contributed by atoms with Gasteiger partial charge in [-0.25, -0.2) is 4.79 Å². The molecule has 0 amide bonds. The number of allylic oxidation sites excluding steroid dienone is 1. The third kappa shape index (κ3) is 3.54. The van der Waals surface area contributed by atoms with Crippen molar-refractivity contribution >= 4 is 17.2 Å². The maximum absolute atomic E-state index is 11.3. The molecular formula is C16H14N2O4. The van der Waals surface area contributed by atoms with Crippen LogP contribution in [0.2, 0.25) is 0 Å². The average Bonchev–Trinajstić information content (AvgIpc) is 2.54. The van der Waals surface area contributed by atoms with Crippen LogP contribution < -0.4 is 0 Å². The molecule has 1 aromatic carbocycles. The number of hydrogen-bond acceptors (Lipinski definition) is 5. The summed E-state index contributed by atoms with van der Waals surface area (Å²) in [6.45, 7) is 1.77. The van der Waals surface area contributed by atoms with E-state index in [1.807, 2.05) is 6.07 Å². The number of carbonyl (C=O) groups excluding carboxylic acids is 1. The van der Waals surface area contributed by atoms with Crippen molar-refractivity contribution in [3.8, 4) is 11.1 Å². The molecule has 1 heterocycles. The van der Waals surface area contributed by atoms with E-state index in [2.05, 4.69) is 9.72 Å². The van der Waals surface area contributed by atoms with Gasteiger partial charge in [0, 0.05) is 36.2 Å². The number of esters is 1. The fourth-order valence-corrected chi connectivity index (χ4v) is 1.93. The highest BCUT2D eigenvalue weighted by molar-refractivity contribution is 5.91. The standard InChI is InChI=1S/C16H14N2O4/c1-11(6-16(19)22-2)13-7-14(10-17-9-13)12-4-3-5-15(8-12)18(20)21/h3-10H,1-2H3/b11-6+. The Morgan fingerprint density at radius 2 is 2.05 bits per heavy atom. The number of non-ortho nitro benzene ring substituents is 1. The Balaban J connectivity index is 2.40. The Hall–Kier alpha value is -3.02. The van der Waals surface area contributed by atoms with Gasteiger partial charge in [0.25, 0.3) is 5.69 Å². The summed E-state index contributed by atoms with van der Waals surface area (Å²) >= 11 is 0. The number of nitro groups is 1. The molecule has 0 bridgehead atoms. The first kappa shape index (κ1) is 15.4. The number of aromatic nitrogens is 1. The van der Waals surface area contributed by atoms with Gasteiger partial charge in [0.05, 0.1) is 12.0 Å². The summed E-state index contributed by atoms with van der Waals surface area (Å²) in [6, 6.07) is 8.13. The average molecular weight is 298 g/mol. The van der Waals surface area contributed by atoms with Gasteiger partial charge >= 0.3 is 5.97 Å². The molecule has 6 heteroatoms. The van der Waals surface area contributed by atoms with Crippen molar-refractivity contribution in [3.63, 3.8) is 0 Å². The van der Waals surface area contributed by atoms with Gasteiger partial charge in [-0.2, -0.15) is 0 Å². The second-order valence-corrected chi connectivity index (χ2v) is 4.62. The topological polar surface area (TPSA) is 82.3 Å². The van der Waals surface area contributed by atoms with E-state index in [9.17, 15) is 14.9 Å². The summed E-state index contributed by atoms with van der Waals surface area (Å²) < 4.78 is 4.59. The van der Waals surface area contributed by atoms with Crippen molar-refractivity contribution in [2.45, 2.75) is 6.92 Å².